The molecule has 6 N–H and O–H groups in total. The van der Waals surface area contributed by atoms with Crippen molar-refractivity contribution in [1.29, 1.82) is 10.7 Å². The van der Waals surface area contributed by atoms with Crippen LogP contribution in [0.5, 0.6) is 0 Å². The van der Waals surface area contributed by atoms with Crippen LogP contribution in [0.25, 0.3) is 0 Å². The molecule has 0 amide bonds. The number of hydrogen-bond donors (Lipinski definition) is 3. The Hall–Kier alpha value is 0.374. The molecule has 0 aromatic rings. The van der Waals surface area contributed by atoms with E-state index in [0.717, 1.165) is 0 Å². The van der Waals surface area contributed by atoms with E-state index in [2.05, 4.69) is 24.1 Å². The third kappa shape index (κ3) is 1320. The van der Waals surface area contributed by atoms with Crippen molar-refractivity contribution in [2.45, 2.75) is 0 Å². The van der Waals surface area contributed by atoms with Crippen LogP contribution < -0.4 is 11.5 Å². The maximum atomic E-state index is 7.13. The van der Waals surface area contributed by atoms with E-state index >= 15 is 0 Å². The van der Waals surface area contributed by atoms with Gasteiger partial charge in [-0.1, -0.05) is 5.40 Å². The van der Waals surface area contributed by atoms with Gasteiger partial charge in [-0.05, 0) is 0 Å². The maximum Gasteiger partial charge on any atom is 0.287 e. The molecule has 0 spiro atoms. The van der Waals surface area contributed by atoms with Crippen LogP contribution in [0.3, 0.4) is 0 Å². The van der Waals surface area contributed by atoms with Crippen molar-refractivity contribution in [2.75, 3.05) is 0 Å². The fourth-order valence-corrected chi connectivity index (χ4v) is 0. The number of nitrogens with zero attached hydrogens (tertiary/aromatic N) is 1. The number of thiocyanates is 1. The van der Waals surface area contributed by atoms with E-state index in [1.165, 1.54) is 5.40 Å². The Labute approximate surface area is 82.3 Å². The predicted molar refractivity (Wildman–Crippen MR) is 27.8 cm³/mol. The molecule has 0 fully saturated rings. The Balaban J connectivity index is -0.0000000575. The van der Waals surface area contributed by atoms with E-state index < -0.39 is 0 Å². The summed E-state index contributed by atoms with van der Waals surface area (Å²) in [4.78, 5) is 0. The second kappa shape index (κ2) is 15.7. The van der Waals surface area contributed by atoms with Crippen molar-refractivity contribution in [2.24, 2.45) is 5.73 Å². The molecule has 0 heterocycles. The molecule has 6 heteroatoms. The molecule has 0 rings (SSSR count). The number of nitrogens with two attached hydrogens (primary N) is 1. The summed E-state index contributed by atoms with van der Waals surface area (Å²) in [6.07, 6.45) is 0. The summed E-state index contributed by atoms with van der Waals surface area (Å²) in [6.45, 7) is 0. The molecule has 0 saturated heterocycles. The molecule has 0 aromatic heterocycles. The summed E-state index contributed by atoms with van der Waals surface area (Å²) in [5.74, 6) is -0.0833. The minimum absolute atomic E-state index is 0. The molecule has 55 valence electrons. The number of guanidine groups is 1. The van der Waals surface area contributed by atoms with Gasteiger partial charge in [0.05, 0.1) is 0 Å². The fraction of sp³-hybridized carbons (Fsp3) is 0. The standard InChI is InChI=1S/CH5N3.CHNS.Lu/c2-1(3)4;2-1-3;/h(H5,2,3,4);3H;. The Morgan fingerprint density at radius 2 is 1.88 bits per heavy atom. The second-order valence-corrected chi connectivity index (χ2v) is 0.799. The van der Waals surface area contributed by atoms with E-state index in [-0.39, 0.29) is 42.8 Å². The van der Waals surface area contributed by atoms with Crippen LogP contribution >= 0.6 is 0 Å². The van der Waals surface area contributed by atoms with Crippen molar-refractivity contribution in [3.63, 3.8) is 0 Å². The van der Waals surface area contributed by atoms with E-state index in [1.807, 2.05) is 0 Å². The third-order valence-electron chi connectivity index (χ3n) is 0. The average molecular weight is 293 g/mol. The molecule has 1 radical (unpaired) electrons. The first-order valence-electron chi connectivity index (χ1n) is 1.32. The van der Waals surface area contributed by atoms with E-state index in [4.69, 9.17) is 10.7 Å². The van der Waals surface area contributed by atoms with Gasteiger partial charge in [-0.2, -0.15) is 0 Å². The Bertz CT molecular complexity index is 82.5. The first-order valence-corrected chi connectivity index (χ1v) is 1.73. The molecule has 4 nitrogen and oxygen atoms in total. The zero-order valence-corrected chi connectivity index (χ0v) is 6.37. The number of nitrogens with one attached hydrogen (secondary N) is 1. The number of quaternary nitrogens is 1. The van der Waals surface area contributed by atoms with Gasteiger partial charge in [-0.25, -0.2) is 10.7 Å². The first kappa shape index (κ1) is 15.8. The quantitative estimate of drug-likeness (QED) is 0.211. The van der Waals surface area contributed by atoms with Gasteiger partial charge >= 0.3 is 0 Å². The molecule has 0 saturated carbocycles. The number of rotatable bonds is 0. The van der Waals surface area contributed by atoms with Crippen LogP contribution in [0.2, 0.25) is 0 Å². The van der Waals surface area contributed by atoms with E-state index in [0.29, 0.717) is 0 Å². The second-order valence-electron chi connectivity index (χ2n) is 0.617. The van der Waals surface area contributed by atoms with Gasteiger partial charge < -0.3 is 18.4 Å². The summed E-state index contributed by atoms with van der Waals surface area (Å²) >= 11 is 3.70. The smallest absolute Gasteiger partial charge is 0.287 e. The summed E-state index contributed by atoms with van der Waals surface area (Å²) in [5, 5.41) is 14.6. The third-order valence-corrected chi connectivity index (χ3v) is 0. The van der Waals surface area contributed by atoms with E-state index in [9.17, 15) is 0 Å². The summed E-state index contributed by atoms with van der Waals surface area (Å²) in [7, 11) is 0. The molecule has 8 heavy (non-hydrogen) atoms. The van der Waals surface area contributed by atoms with Crippen molar-refractivity contribution >= 4 is 18.6 Å². The fourth-order valence-electron chi connectivity index (χ4n) is 0. The Morgan fingerprint density at radius 1 is 1.88 bits per heavy atom. The van der Waals surface area contributed by atoms with Crippen LogP contribution in [0.15, 0.2) is 0 Å². The van der Waals surface area contributed by atoms with Gasteiger partial charge in [0.2, 0.25) is 0 Å². The van der Waals surface area contributed by atoms with Gasteiger partial charge in [0.1, 0.15) is 0 Å². The predicted octanol–water partition coefficient (Wildman–Crippen LogP) is -1.86. The Morgan fingerprint density at radius 3 is 1.88 bits per heavy atom. The summed E-state index contributed by atoms with van der Waals surface area (Å²) in [5.41, 5.74) is 7.58. The Kier molecular flexibility index (Phi) is 30.9. The van der Waals surface area contributed by atoms with Crippen molar-refractivity contribution < 1.29 is 42.6 Å². The van der Waals surface area contributed by atoms with Gasteiger partial charge in [0.25, 0.3) is 5.96 Å². The van der Waals surface area contributed by atoms with Crippen molar-refractivity contribution in [3.8, 4) is 5.40 Å². The first-order chi connectivity index (χ1) is 3.15. The number of nitriles is 1. The maximum absolute atomic E-state index is 7.13. The normalized spacial score (nSPS) is 4.00. The molecule has 0 unspecified atom stereocenters. The van der Waals surface area contributed by atoms with Crippen LogP contribution in [0, 0.1) is 52.9 Å². The van der Waals surface area contributed by atoms with Crippen molar-refractivity contribution in [1.82, 2.24) is 0 Å². The minimum Gasteiger partial charge on any atom is -0.696 e. The monoisotopic (exact) mass is 293 g/mol. The zero-order valence-electron chi connectivity index (χ0n) is 3.90. The molecule has 0 aromatic carbocycles. The summed E-state index contributed by atoms with van der Waals surface area (Å²) < 4.78 is 0. The SMILES string of the molecule is N#C[S-].N=C(N)[NH3+].[Lu]. The molecule has 0 atom stereocenters. The van der Waals surface area contributed by atoms with Crippen LogP contribution in [-0.4, -0.2) is 5.96 Å². The molecule has 0 aliphatic carbocycles. The molecule has 0 bridgehead atoms. The van der Waals surface area contributed by atoms with Gasteiger partial charge in [0, 0.05) is 36.9 Å². The molecule has 0 aliphatic heterocycles. The van der Waals surface area contributed by atoms with E-state index in [1.54, 1.807) is 0 Å². The summed E-state index contributed by atoms with van der Waals surface area (Å²) in [6, 6.07) is 0. The van der Waals surface area contributed by atoms with Gasteiger partial charge in [-0.15, -0.1) is 0 Å². The largest absolute Gasteiger partial charge is 0.696 e. The molecular weight excluding hydrogens is 287 g/mol. The number of hydrogen-bond acceptors (Lipinski definition) is 3. The van der Waals surface area contributed by atoms with Crippen LogP contribution in [0.1, 0.15) is 0 Å². The van der Waals surface area contributed by atoms with Gasteiger partial charge in [0.15, 0.2) is 0 Å². The van der Waals surface area contributed by atoms with Crippen LogP contribution in [0.4, 0.5) is 0 Å². The zero-order chi connectivity index (χ0) is 6.28. The topological polar surface area (TPSA) is 101 Å². The van der Waals surface area contributed by atoms with Crippen molar-refractivity contribution in [3.05, 3.63) is 0 Å². The van der Waals surface area contributed by atoms with Gasteiger partial charge in [-0.3, -0.25) is 5.73 Å². The molecule has 0 aliphatic rings. The minimum atomic E-state index is -0.0833. The van der Waals surface area contributed by atoms with Crippen LogP contribution in [-0.2, 0) is 12.6 Å². The average Bonchev–Trinajstić information content (AvgIpc) is 1.33. The molecular formula is C2H6LuN4S.